The average molecular weight is 648 g/mol. The number of esters is 1. The Morgan fingerprint density at radius 1 is 1.21 bits per heavy atom. The molecule has 0 amide bonds. The highest BCUT2D eigenvalue weighted by Gasteiger charge is 2.33. The van der Waals surface area contributed by atoms with Crippen LogP contribution in [-0.2, 0) is 14.3 Å². The van der Waals surface area contributed by atoms with Gasteiger partial charge in [-0.05, 0) is 72.7 Å². The van der Waals surface area contributed by atoms with Gasteiger partial charge in [0.05, 0.1) is 39.1 Å². The molecule has 9 nitrogen and oxygen atoms in total. The number of hydrogen-bond donors (Lipinski definition) is 1. The third kappa shape index (κ3) is 5.53. The number of aryl methyl sites for hydroxylation is 1. The molecule has 0 saturated carbocycles. The van der Waals surface area contributed by atoms with Gasteiger partial charge < -0.3 is 19.3 Å². The summed E-state index contributed by atoms with van der Waals surface area (Å²) in [6.07, 6.45) is 1.71. The summed E-state index contributed by atoms with van der Waals surface area (Å²) >= 11 is 3.25. The third-order valence-corrected chi connectivity index (χ3v) is 7.58. The maximum Gasteiger partial charge on any atom is 0.341 e. The number of allylic oxidation sites excluding steroid dienone is 1. The van der Waals surface area contributed by atoms with Crippen molar-refractivity contribution in [2.24, 2.45) is 4.99 Å². The molecule has 1 N–H and O–H groups in total. The Balaban J connectivity index is 1.88. The quantitative estimate of drug-likeness (QED) is 0.295. The van der Waals surface area contributed by atoms with Gasteiger partial charge in [0.1, 0.15) is 0 Å². The van der Waals surface area contributed by atoms with Crippen LogP contribution in [0.2, 0.25) is 0 Å². The zero-order valence-electron chi connectivity index (χ0n) is 21.1. The molecule has 0 saturated heterocycles. The Bertz CT molecular complexity index is 1620. The van der Waals surface area contributed by atoms with Crippen LogP contribution in [0.1, 0.15) is 36.6 Å². The van der Waals surface area contributed by atoms with Crippen LogP contribution in [0.15, 0.2) is 57.5 Å². The van der Waals surface area contributed by atoms with E-state index in [9.17, 15) is 14.4 Å². The Morgan fingerprint density at radius 2 is 1.92 bits per heavy atom. The molecule has 1 aliphatic heterocycles. The molecular formula is C27H25IN2O7S. The molecule has 0 spiro atoms. The first kappa shape index (κ1) is 27.6. The van der Waals surface area contributed by atoms with Crippen molar-refractivity contribution in [1.82, 2.24) is 4.57 Å². The van der Waals surface area contributed by atoms with Crippen LogP contribution >= 0.6 is 33.9 Å². The molecular weight excluding hydrogens is 623 g/mol. The summed E-state index contributed by atoms with van der Waals surface area (Å²) in [4.78, 5) is 42.8. The second kappa shape index (κ2) is 11.5. The number of hydrogen-bond acceptors (Lipinski definition) is 8. The maximum absolute atomic E-state index is 13.8. The van der Waals surface area contributed by atoms with E-state index >= 15 is 0 Å². The summed E-state index contributed by atoms with van der Waals surface area (Å²) in [6.45, 7) is 5.14. The van der Waals surface area contributed by atoms with Gasteiger partial charge in [0, 0.05) is 0 Å². The fourth-order valence-corrected chi connectivity index (χ4v) is 5.93. The highest BCUT2D eigenvalue weighted by molar-refractivity contribution is 14.1. The Labute approximate surface area is 235 Å². The number of ether oxygens (including phenoxy) is 3. The molecule has 0 fully saturated rings. The highest BCUT2D eigenvalue weighted by atomic mass is 127. The number of benzene rings is 2. The average Bonchev–Trinajstić information content (AvgIpc) is 3.16. The van der Waals surface area contributed by atoms with E-state index in [2.05, 4.69) is 4.99 Å². The number of carbonyl (C=O) groups is 2. The summed E-state index contributed by atoms with van der Waals surface area (Å²) in [5, 5.41) is 8.96. The Kier molecular flexibility index (Phi) is 8.36. The van der Waals surface area contributed by atoms with Crippen LogP contribution in [0.5, 0.6) is 11.5 Å². The lowest BCUT2D eigenvalue weighted by atomic mass is 9.95. The number of rotatable bonds is 8. The minimum absolute atomic E-state index is 0.202. The number of nitrogens with zero attached hydrogens (tertiary/aromatic N) is 2. The smallest absolute Gasteiger partial charge is 0.341 e. The van der Waals surface area contributed by atoms with Crippen molar-refractivity contribution >= 4 is 51.9 Å². The van der Waals surface area contributed by atoms with E-state index in [1.54, 1.807) is 32.1 Å². The maximum atomic E-state index is 13.8. The molecule has 0 radical (unpaired) electrons. The standard InChI is InChI=1S/C27H25IN2O7S/c1-5-36-26(34)22-15(3)29-27-30(23(22)17-8-6-14(2)7-9-17)25(33)20(38-27)12-16-10-18(28)24(19(11-16)35-4)37-13-21(31)32/h6-12,23H,5,13H2,1-4H3,(H,31,32)/b20-12+/t23-/m1/s1. The fourth-order valence-electron chi connectivity index (χ4n) is 4.10. The molecule has 0 aliphatic carbocycles. The Morgan fingerprint density at radius 3 is 2.55 bits per heavy atom. The van der Waals surface area contributed by atoms with Gasteiger partial charge in [0.2, 0.25) is 0 Å². The molecule has 1 aliphatic rings. The van der Waals surface area contributed by atoms with Gasteiger partial charge in [-0.25, -0.2) is 14.6 Å². The number of thiazole rings is 1. The molecule has 1 aromatic heterocycles. The van der Waals surface area contributed by atoms with Crippen LogP contribution < -0.4 is 24.4 Å². The topological polar surface area (TPSA) is 116 Å². The lowest BCUT2D eigenvalue weighted by molar-refractivity contribution is -0.140. The molecule has 3 aromatic rings. The number of aromatic nitrogens is 1. The van der Waals surface area contributed by atoms with E-state index in [0.717, 1.165) is 11.1 Å². The van der Waals surface area contributed by atoms with Crippen molar-refractivity contribution in [2.45, 2.75) is 26.8 Å². The van der Waals surface area contributed by atoms with Gasteiger partial charge in [-0.15, -0.1) is 0 Å². The minimum atomic E-state index is -1.10. The van der Waals surface area contributed by atoms with E-state index in [1.807, 2.05) is 53.8 Å². The molecule has 38 heavy (non-hydrogen) atoms. The number of methoxy groups -OCH3 is 1. The first-order valence-corrected chi connectivity index (χ1v) is 13.5. The summed E-state index contributed by atoms with van der Waals surface area (Å²) < 4.78 is 18.7. The third-order valence-electron chi connectivity index (χ3n) is 5.80. The van der Waals surface area contributed by atoms with Gasteiger partial charge in [-0.2, -0.15) is 0 Å². The lowest BCUT2D eigenvalue weighted by Gasteiger charge is -2.24. The van der Waals surface area contributed by atoms with E-state index in [-0.39, 0.29) is 12.2 Å². The van der Waals surface area contributed by atoms with Gasteiger partial charge in [-0.3, -0.25) is 9.36 Å². The normalized spacial score (nSPS) is 15.1. The highest BCUT2D eigenvalue weighted by Crippen LogP contribution is 2.34. The zero-order valence-corrected chi connectivity index (χ0v) is 24.1. The van der Waals surface area contributed by atoms with E-state index < -0.39 is 24.6 Å². The molecule has 2 aromatic carbocycles. The molecule has 0 bridgehead atoms. The van der Waals surface area contributed by atoms with Crippen LogP contribution in [-0.4, -0.2) is 41.9 Å². The predicted molar refractivity (Wildman–Crippen MR) is 150 cm³/mol. The monoisotopic (exact) mass is 648 g/mol. The van der Waals surface area contributed by atoms with Crippen LogP contribution in [0.3, 0.4) is 0 Å². The second-order valence-corrected chi connectivity index (χ2v) is 10.6. The zero-order chi connectivity index (χ0) is 27.6. The van der Waals surface area contributed by atoms with E-state index in [4.69, 9.17) is 19.3 Å². The summed E-state index contributed by atoms with van der Waals surface area (Å²) in [7, 11) is 1.46. The van der Waals surface area contributed by atoms with Gasteiger partial charge in [-0.1, -0.05) is 41.2 Å². The first-order chi connectivity index (χ1) is 18.1. The minimum Gasteiger partial charge on any atom is -0.493 e. The molecule has 198 valence electrons. The number of aliphatic carboxylic acids is 1. The summed E-state index contributed by atoms with van der Waals surface area (Å²) in [5.74, 6) is -0.961. The van der Waals surface area contributed by atoms with Crippen molar-refractivity contribution in [3.8, 4) is 11.5 Å². The van der Waals surface area contributed by atoms with Crippen molar-refractivity contribution in [2.75, 3.05) is 20.3 Å². The molecule has 4 rings (SSSR count). The molecule has 11 heteroatoms. The summed E-state index contributed by atoms with van der Waals surface area (Å²) in [5.41, 5.74) is 3.01. The molecule has 1 atom stereocenters. The Hall–Kier alpha value is -3.45. The van der Waals surface area contributed by atoms with Gasteiger partial charge >= 0.3 is 11.9 Å². The van der Waals surface area contributed by atoms with Crippen molar-refractivity contribution in [1.29, 1.82) is 0 Å². The largest absolute Gasteiger partial charge is 0.493 e. The van der Waals surface area contributed by atoms with E-state index in [1.165, 1.54) is 23.0 Å². The second-order valence-electron chi connectivity index (χ2n) is 8.43. The number of carboxylic acids is 1. The van der Waals surface area contributed by atoms with Gasteiger partial charge in [0.15, 0.2) is 22.9 Å². The number of carbonyl (C=O) groups excluding carboxylic acids is 1. The van der Waals surface area contributed by atoms with Crippen LogP contribution in [0.25, 0.3) is 6.08 Å². The number of fused-ring (bicyclic) bond motifs is 1. The SMILES string of the molecule is CCOC(=O)C1=C(C)N=c2s/c(=C/c3cc(I)c(OCC(=O)O)c(OC)c3)c(=O)n2[C@@H]1c1ccc(C)cc1. The van der Waals surface area contributed by atoms with Crippen molar-refractivity contribution < 1.29 is 28.9 Å². The number of halogens is 1. The predicted octanol–water partition coefficient (Wildman–Crippen LogP) is 3.18. The van der Waals surface area contributed by atoms with Gasteiger partial charge in [0.25, 0.3) is 5.56 Å². The first-order valence-electron chi connectivity index (χ1n) is 11.6. The lowest BCUT2D eigenvalue weighted by Crippen LogP contribution is -2.39. The van der Waals surface area contributed by atoms with Crippen molar-refractivity contribution in [3.05, 3.63) is 87.6 Å². The fraction of sp³-hybridized carbons (Fsp3) is 0.259. The van der Waals surface area contributed by atoms with Crippen molar-refractivity contribution in [3.63, 3.8) is 0 Å². The number of carboxylic acid groups (broad SMARTS) is 1. The van der Waals surface area contributed by atoms with E-state index in [0.29, 0.717) is 41.2 Å². The van der Waals surface area contributed by atoms with Crippen LogP contribution in [0.4, 0.5) is 0 Å². The molecule has 0 unspecified atom stereocenters. The van der Waals surface area contributed by atoms with Crippen LogP contribution in [0, 0.1) is 10.5 Å². The summed E-state index contributed by atoms with van der Waals surface area (Å²) in [6, 6.07) is 10.4. The molecule has 2 heterocycles.